The maximum Gasteiger partial charge on any atom is 0.0443 e. The number of nitrogens with two attached hydrogens (primary N) is 1. The summed E-state index contributed by atoms with van der Waals surface area (Å²) in [7, 11) is 0. The molecule has 102 valence electrons. The quantitative estimate of drug-likeness (QED) is 0.718. The Morgan fingerprint density at radius 1 is 1.29 bits per heavy atom. The number of nitrogens with zero attached hydrogens (tertiary/aromatic N) is 1. The average Bonchev–Trinajstić information content (AvgIpc) is 2.40. The van der Waals surface area contributed by atoms with E-state index in [-0.39, 0.29) is 12.1 Å². The van der Waals surface area contributed by atoms with Crippen LogP contribution in [0.4, 0.5) is 0 Å². The molecule has 1 fully saturated rings. The summed E-state index contributed by atoms with van der Waals surface area (Å²) in [6, 6.07) is 0. The van der Waals surface area contributed by atoms with Gasteiger partial charge in [-0.2, -0.15) is 0 Å². The summed E-state index contributed by atoms with van der Waals surface area (Å²) in [6.45, 7) is 7.59. The molecule has 0 aliphatic heterocycles. The first-order valence-corrected chi connectivity index (χ1v) is 7.28. The third kappa shape index (κ3) is 3.67. The second kappa shape index (κ2) is 7.34. The molecule has 1 saturated carbocycles. The molecule has 17 heavy (non-hydrogen) atoms. The molecule has 0 amide bonds. The number of hydrogen-bond donors (Lipinski definition) is 2. The van der Waals surface area contributed by atoms with Crippen molar-refractivity contribution in [3.05, 3.63) is 0 Å². The lowest BCUT2D eigenvalue weighted by molar-refractivity contribution is 0.0411. The predicted octanol–water partition coefficient (Wildman–Crippen LogP) is 1.99. The van der Waals surface area contributed by atoms with E-state index in [1.165, 1.54) is 32.1 Å². The van der Waals surface area contributed by atoms with Crippen molar-refractivity contribution in [3.8, 4) is 0 Å². The first-order valence-electron chi connectivity index (χ1n) is 7.28. The monoisotopic (exact) mass is 242 g/mol. The van der Waals surface area contributed by atoms with E-state index in [1.54, 1.807) is 0 Å². The molecular weight excluding hydrogens is 212 g/mol. The fourth-order valence-corrected chi connectivity index (χ4v) is 3.26. The number of aliphatic hydroxyl groups excluding tert-OH is 1. The van der Waals surface area contributed by atoms with Crippen LogP contribution in [-0.4, -0.2) is 41.8 Å². The average molecular weight is 242 g/mol. The van der Waals surface area contributed by atoms with Crippen LogP contribution in [-0.2, 0) is 0 Å². The summed E-state index contributed by atoms with van der Waals surface area (Å²) in [5, 5.41) is 8.99. The standard InChI is InChI=1S/C14H30N2O/c1-3-13-6-8-14(12-15,9-7-13)16(4-2)10-5-11-17/h13,17H,3-12,15H2,1-2H3. The number of rotatable bonds is 7. The summed E-state index contributed by atoms with van der Waals surface area (Å²) < 4.78 is 0. The summed E-state index contributed by atoms with van der Waals surface area (Å²) in [5.74, 6) is 0.909. The van der Waals surface area contributed by atoms with Crippen LogP contribution >= 0.6 is 0 Å². The van der Waals surface area contributed by atoms with Gasteiger partial charge in [0.05, 0.1) is 0 Å². The van der Waals surface area contributed by atoms with Gasteiger partial charge in [0.1, 0.15) is 0 Å². The van der Waals surface area contributed by atoms with E-state index in [9.17, 15) is 0 Å². The Morgan fingerprint density at radius 2 is 1.94 bits per heavy atom. The lowest BCUT2D eigenvalue weighted by Gasteiger charge is -2.47. The molecule has 0 aromatic carbocycles. The van der Waals surface area contributed by atoms with Crippen LogP contribution in [0.5, 0.6) is 0 Å². The Labute approximate surface area is 106 Å². The van der Waals surface area contributed by atoms with Crippen molar-refractivity contribution in [3.63, 3.8) is 0 Å². The van der Waals surface area contributed by atoms with Crippen LogP contribution in [0, 0.1) is 5.92 Å². The Bertz CT molecular complexity index is 200. The van der Waals surface area contributed by atoms with Gasteiger partial charge in [-0.1, -0.05) is 20.3 Å². The Balaban J connectivity index is 2.60. The molecular formula is C14H30N2O. The first kappa shape index (κ1) is 14.9. The molecule has 0 bridgehead atoms. The van der Waals surface area contributed by atoms with Crippen LogP contribution in [0.25, 0.3) is 0 Å². The van der Waals surface area contributed by atoms with Gasteiger partial charge in [0.15, 0.2) is 0 Å². The van der Waals surface area contributed by atoms with Crippen molar-refractivity contribution < 1.29 is 5.11 Å². The van der Waals surface area contributed by atoms with E-state index in [0.29, 0.717) is 0 Å². The van der Waals surface area contributed by atoms with Crippen molar-refractivity contribution >= 4 is 0 Å². The van der Waals surface area contributed by atoms with Gasteiger partial charge in [0.25, 0.3) is 0 Å². The van der Waals surface area contributed by atoms with E-state index < -0.39 is 0 Å². The molecule has 1 rings (SSSR count). The SMILES string of the molecule is CCC1CCC(CN)(N(CC)CCCO)CC1. The Hall–Kier alpha value is -0.120. The van der Waals surface area contributed by atoms with Crippen LogP contribution < -0.4 is 5.73 Å². The molecule has 1 aliphatic carbocycles. The molecule has 3 nitrogen and oxygen atoms in total. The molecule has 1 aliphatic rings. The van der Waals surface area contributed by atoms with Crippen molar-refractivity contribution in [2.75, 3.05) is 26.2 Å². The highest BCUT2D eigenvalue weighted by atomic mass is 16.3. The van der Waals surface area contributed by atoms with Crippen molar-refractivity contribution in [2.45, 2.75) is 57.9 Å². The number of aliphatic hydroxyl groups is 1. The van der Waals surface area contributed by atoms with Crippen LogP contribution in [0.15, 0.2) is 0 Å². The topological polar surface area (TPSA) is 49.5 Å². The van der Waals surface area contributed by atoms with Gasteiger partial charge in [0, 0.05) is 25.2 Å². The highest BCUT2D eigenvalue weighted by Crippen LogP contribution is 2.37. The predicted molar refractivity (Wildman–Crippen MR) is 73.0 cm³/mol. The third-order valence-electron chi connectivity index (χ3n) is 4.63. The van der Waals surface area contributed by atoms with E-state index in [4.69, 9.17) is 10.8 Å². The third-order valence-corrected chi connectivity index (χ3v) is 4.63. The molecule has 3 N–H and O–H groups in total. The van der Waals surface area contributed by atoms with Gasteiger partial charge in [0.2, 0.25) is 0 Å². The molecule has 0 spiro atoms. The van der Waals surface area contributed by atoms with Gasteiger partial charge in [-0.25, -0.2) is 0 Å². The highest BCUT2D eigenvalue weighted by molar-refractivity contribution is 4.95. The zero-order valence-corrected chi connectivity index (χ0v) is 11.6. The Kier molecular flexibility index (Phi) is 6.45. The van der Waals surface area contributed by atoms with Crippen molar-refractivity contribution in [2.24, 2.45) is 11.7 Å². The lowest BCUT2D eigenvalue weighted by atomic mass is 9.74. The summed E-state index contributed by atoms with van der Waals surface area (Å²) in [5.41, 5.74) is 6.29. The minimum absolute atomic E-state index is 0.218. The summed E-state index contributed by atoms with van der Waals surface area (Å²) in [4.78, 5) is 2.51. The lowest BCUT2D eigenvalue weighted by Crippen LogP contribution is -2.56. The zero-order chi connectivity index (χ0) is 12.7. The number of hydrogen-bond acceptors (Lipinski definition) is 3. The van der Waals surface area contributed by atoms with Gasteiger partial charge >= 0.3 is 0 Å². The van der Waals surface area contributed by atoms with Gasteiger partial charge in [-0.3, -0.25) is 4.90 Å². The Morgan fingerprint density at radius 3 is 2.35 bits per heavy atom. The van der Waals surface area contributed by atoms with E-state index in [1.807, 2.05) is 0 Å². The minimum atomic E-state index is 0.218. The smallest absolute Gasteiger partial charge is 0.0443 e. The van der Waals surface area contributed by atoms with Crippen molar-refractivity contribution in [1.29, 1.82) is 0 Å². The van der Waals surface area contributed by atoms with Crippen LogP contribution in [0.3, 0.4) is 0 Å². The molecule has 0 radical (unpaired) electrons. The fourth-order valence-electron chi connectivity index (χ4n) is 3.26. The maximum absolute atomic E-state index is 8.99. The second-order valence-corrected chi connectivity index (χ2v) is 5.44. The molecule has 0 saturated heterocycles. The number of likely N-dealkylation sites (N-methyl/N-ethyl adjacent to an activating group) is 1. The van der Waals surface area contributed by atoms with Crippen LogP contribution in [0.2, 0.25) is 0 Å². The molecule has 0 heterocycles. The summed E-state index contributed by atoms with van der Waals surface area (Å²) >= 11 is 0. The molecule has 0 atom stereocenters. The van der Waals surface area contributed by atoms with Gasteiger partial charge in [-0.15, -0.1) is 0 Å². The van der Waals surface area contributed by atoms with E-state index >= 15 is 0 Å². The van der Waals surface area contributed by atoms with Crippen LogP contribution in [0.1, 0.15) is 52.4 Å². The fraction of sp³-hybridized carbons (Fsp3) is 1.00. The molecule has 3 heteroatoms. The molecule has 0 aromatic rings. The zero-order valence-electron chi connectivity index (χ0n) is 11.6. The molecule has 0 unspecified atom stereocenters. The largest absolute Gasteiger partial charge is 0.396 e. The van der Waals surface area contributed by atoms with Crippen molar-refractivity contribution in [1.82, 2.24) is 4.90 Å². The van der Waals surface area contributed by atoms with Gasteiger partial charge in [-0.05, 0) is 44.6 Å². The van der Waals surface area contributed by atoms with E-state index in [0.717, 1.165) is 32.0 Å². The van der Waals surface area contributed by atoms with Gasteiger partial charge < -0.3 is 10.8 Å². The minimum Gasteiger partial charge on any atom is -0.396 e. The normalized spacial score (nSPS) is 29.8. The first-order chi connectivity index (χ1) is 8.22. The second-order valence-electron chi connectivity index (χ2n) is 5.44. The maximum atomic E-state index is 8.99. The molecule has 0 aromatic heterocycles. The summed E-state index contributed by atoms with van der Waals surface area (Å²) in [6.07, 6.45) is 7.30. The highest BCUT2D eigenvalue weighted by Gasteiger charge is 2.37. The van der Waals surface area contributed by atoms with E-state index in [2.05, 4.69) is 18.7 Å².